The molecule has 0 unspecified atom stereocenters. The highest BCUT2D eigenvalue weighted by Gasteiger charge is 2.29. The first-order chi connectivity index (χ1) is 12.0. The highest BCUT2D eigenvalue weighted by Crippen LogP contribution is 2.16. The minimum absolute atomic E-state index is 0.00870. The van der Waals surface area contributed by atoms with Gasteiger partial charge in [-0.15, -0.1) is 0 Å². The third-order valence-corrected chi connectivity index (χ3v) is 6.11. The fourth-order valence-electron chi connectivity index (χ4n) is 2.95. The zero-order valence-electron chi connectivity index (χ0n) is 14.1. The molecule has 0 N–H and O–H groups in total. The lowest BCUT2D eigenvalue weighted by atomic mass is 10.2. The molecule has 7 heteroatoms. The first-order valence-electron chi connectivity index (χ1n) is 8.18. The molecule has 1 amide bonds. The van der Waals surface area contributed by atoms with Crippen molar-refractivity contribution >= 4 is 15.9 Å². The molecule has 0 saturated carbocycles. The quantitative estimate of drug-likeness (QED) is 0.833. The fraction of sp³-hybridized carbons (Fsp3) is 0.333. The van der Waals surface area contributed by atoms with E-state index in [-0.39, 0.29) is 11.7 Å². The lowest BCUT2D eigenvalue weighted by molar-refractivity contribution is 0.0697. The van der Waals surface area contributed by atoms with Crippen molar-refractivity contribution in [1.82, 2.24) is 14.2 Å². The molecule has 0 spiro atoms. The molecule has 132 valence electrons. The van der Waals surface area contributed by atoms with Gasteiger partial charge in [-0.05, 0) is 24.6 Å². The molecule has 25 heavy (non-hydrogen) atoms. The van der Waals surface area contributed by atoms with Crippen LogP contribution in [-0.2, 0) is 15.8 Å². The Bertz CT molecular complexity index is 845. The molecule has 0 radical (unpaired) electrons. The first-order valence-corrected chi connectivity index (χ1v) is 9.79. The number of carbonyl (C=O) groups is 1. The Morgan fingerprint density at radius 3 is 2.52 bits per heavy atom. The van der Waals surface area contributed by atoms with Crippen LogP contribution in [0.15, 0.2) is 48.8 Å². The first kappa shape index (κ1) is 17.6. The topological polar surface area (TPSA) is 70.6 Å². The molecule has 1 aliphatic heterocycles. The molecule has 1 aliphatic rings. The van der Waals surface area contributed by atoms with Crippen LogP contribution in [0.2, 0.25) is 0 Å². The summed E-state index contributed by atoms with van der Waals surface area (Å²) in [7, 11) is -3.38. The summed E-state index contributed by atoms with van der Waals surface area (Å²) >= 11 is 0. The fourth-order valence-corrected chi connectivity index (χ4v) is 4.45. The SMILES string of the molecule is Cc1cccc(CS(=O)(=O)N2CCN(C(=O)c3cccnc3)CC2)c1. The van der Waals surface area contributed by atoms with E-state index in [4.69, 9.17) is 0 Å². The van der Waals surface area contributed by atoms with Gasteiger partial charge < -0.3 is 4.90 Å². The maximum atomic E-state index is 12.6. The monoisotopic (exact) mass is 359 g/mol. The minimum Gasteiger partial charge on any atom is -0.336 e. The minimum atomic E-state index is -3.38. The molecule has 2 heterocycles. The standard InChI is InChI=1S/C18H21N3O3S/c1-15-4-2-5-16(12-15)14-25(23,24)21-10-8-20(9-11-21)18(22)17-6-3-7-19-13-17/h2-7,12-13H,8-11,14H2,1H3. The number of rotatable bonds is 4. The Balaban J connectivity index is 1.62. The molecule has 1 aromatic carbocycles. The predicted octanol–water partition coefficient (Wildman–Crippen LogP) is 1.68. The van der Waals surface area contributed by atoms with Crippen LogP contribution in [0, 0.1) is 6.92 Å². The van der Waals surface area contributed by atoms with Crippen molar-refractivity contribution in [2.45, 2.75) is 12.7 Å². The van der Waals surface area contributed by atoms with Gasteiger partial charge in [-0.1, -0.05) is 29.8 Å². The van der Waals surface area contributed by atoms with Crippen molar-refractivity contribution in [3.8, 4) is 0 Å². The third kappa shape index (κ3) is 4.24. The molecule has 6 nitrogen and oxygen atoms in total. The lowest BCUT2D eigenvalue weighted by Crippen LogP contribution is -2.50. The van der Waals surface area contributed by atoms with E-state index in [1.165, 1.54) is 10.5 Å². The van der Waals surface area contributed by atoms with Crippen LogP contribution in [0.1, 0.15) is 21.5 Å². The second-order valence-electron chi connectivity index (χ2n) is 6.18. The Hall–Kier alpha value is -2.25. The molecule has 0 aliphatic carbocycles. The highest BCUT2D eigenvalue weighted by atomic mass is 32.2. The Labute approximate surface area is 148 Å². The van der Waals surface area contributed by atoms with E-state index < -0.39 is 10.0 Å². The van der Waals surface area contributed by atoms with Crippen molar-refractivity contribution in [1.29, 1.82) is 0 Å². The van der Waals surface area contributed by atoms with Crippen LogP contribution in [0.4, 0.5) is 0 Å². The van der Waals surface area contributed by atoms with Gasteiger partial charge in [0.25, 0.3) is 5.91 Å². The van der Waals surface area contributed by atoms with Gasteiger partial charge in [-0.3, -0.25) is 9.78 Å². The molecule has 1 aromatic heterocycles. The van der Waals surface area contributed by atoms with E-state index in [0.717, 1.165) is 11.1 Å². The van der Waals surface area contributed by atoms with E-state index in [9.17, 15) is 13.2 Å². The van der Waals surface area contributed by atoms with Gasteiger partial charge in [-0.25, -0.2) is 8.42 Å². The average Bonchev–Trinajstić information content (AvgIpc) is 2.61. The number of aromatic nitrogens is 1. The van der Waals surface area contributed by atoms with Crippen LogP contribution in [0.3, 0.4) is 0 Å². The number of nitrogens with zero attached hydrogens (tertiary/aromatic N) is 3. The number of pyridine rings is 1. The van der Waals surface area contributed by atoms with Crippen LogP contribution < -0.4 is 0 Å². The summed E-state index contributed by atoms with van der Waals surface area (Å²) in [5, 5.41) is 0. The van der Waals surface area contributed by atoms with Gasteiger partial charge in [0.15, 0.2) is 0 Å². The van der Waals surface area contributed by atoms with Gasteiger partial charge in [0.2, 0.25) is 10.0 Å². The van der Waals surface area contributed by atoms with E-state index >= 15 is 0 Å². The van der Waals surface area contributed by atoms with Crippen LogP contribution in [0.25, 0.3) is 0 Å². The second-order valence-corrected chi connectivity index (χ2v) is 8.15. The third-order valence-electron chi connectivity index (χ3n) is 4.26. The normalized spacial score (nSPS) is 16.0. The zero-order chi connectivity index (χ0) is 17.9. The number of benzene rings is 1. The molecule has 2 aromatic rings. The van der Waals surface area contributed by atoms with Gasteiger partial charge in [0, 0.05) is 38.6 Å². The highest BCUT2D eigenvalue weighted by molar-refractivity contribution is 7.88. The smallest absolute Gasteiger partial charge is 0.255 e. The zero-order valence-corrected chi connectivity index (χ0v) is 14.9. The average molecular weight is 359 g/mol. The molecule has 1 fully saturated rings. The summed E-state index contributed by atoms with van der Waals surface area (Å²) in [6, 6.07) is 11.0. The molecule has 0 bridgehead atoms. The predicted molar refractivity (Wildman–Crippen MR) is 95.5 cm³/mol. The molecule has 0 atom stereocenters. The Morgan fingerprint density at radius 1 is 1.12 bits per heavy atom. The van der Waals surface area contributed by atoms with Crippen molar-refractivity contribution < 1.29 is 13.2 Å². The summed E-state index contributed by atoms with van der Waals surface area (Å²) in [5.41, 5.74) is 2.35. The summed E-state index contributed by atoms with van der Waals surface area (Å²) in [5.74, 6) is -0.116. The Kier molecular flexibility index (Phi) is 5.15. The summed E-state index contributed by atoms with van der Waals surface area (Å²) in [6.07, 6.45) is 3.15. The number of piperazine rings is 1. The van der Waals surface area contributed by atoms with Crippen molar-refractivity contribution in [2.75, 3.05) is 26.2 Å². The number of hydrogen-bond donors (Lipinski definition) is 0. The van der Waals surface area contributed by atoms with Gasteiger partial charge >= 0.3 is 0 Å². The summed E-state index contributed by atoms with van der Waals surface area (Å²) in [4.78, 5) is 18.0. The van der Waals surface area contributed by atoms with Crippen molar-refractivity contribution in [3.63, 3.8) is 0 Å². The summed E-state index contributed by atoms with van der Waals surface area (Å²) in [6.45, 7) is 3.36. The van der Waals surface area contributed by atoms with Crippen LogP contribution in [-0.4, -0.2) is 54.7 Å². The molecule has 3 rings (SSSR count). The maximum Gasteiger partial charge on any atom is 0.255 e. The molecule has 1 saturated heterocycles. The van der Waals surface area contributed by atoms with Crippen LogP contribution >= 0.6 is 0 Å². The molecular formula is C18H21N3O3S. The van der Waals surface area contributed by atoms with Gasteiger partial charge in [0.05, 0.1) is 11.3 Å². The summed E-state index contributed by atoms with van der Waals surface area (Å²) < 4.78 is 26.7. The number of amides is 1. The largest absolute Gasteiger partial charge is 0.336 e. The van der Waals surface area contributed by atoms with Gasteiger partial charge in [-0.2, -0.15) is 4.31 Å². The Morgan fingerprint density at radius 2 is 1.88 bits per heavy atom. The number of sulfonamides is 1. The van der Waals surface area contributed by atoms with Crippen LogP contribution in [0.5, 0.6) is 0 Å². The second kappa shape index (κ2) is 7.33. The van der Waals surface area contributed by atoms with E-state index in [1.807, 2.05) is 31.2 Å². The van der Waals surface area contributed by atoms with Gasteiger partial charge in [0.1, 0.15) is 0 Å². The van der Waals surface area contributed by atoms with E-state index in [1.54, 1.807) is 23.2 Å². The van der Waals surface area contributed by atoms with E-state index in [0.29, 0.717) is 31.7 Å². The van der Waals surface area contributed by atoms with E-state index in [2.05, 4.69) is 4.98 Å². The van der Waals surface area contributed by atoms with Crippen molar-refractivity contribution in [2.24, 2.45) is 0 Å². The lowest BCUT2D eigenvalue weighted by Gasteiger charge is -2.34. The number of aryl methyl sites for hydroxylation is 1. The number of hydrogen-bond acceptors (Lipinski definition) is 4. The maximum absolute atomic E-state index is 12.6. The molecular weight excluding hydrogens is 338 g/mol. The number of carbonyl (C=O) groups excluding carboxylic acids is 1. The van der Waals surface area contributed by atoms with Crippen molar-refractivity contribution in [3.05, 3.63) is 65.5 Å².